The highest BCUT2D eigenvalue weighted by molar-refractivity contribution is 5.97. The van der Waals surface area contributed by atoms with Crippen molar-refractivity contribution in [1.29, 1.82) is 0 Å². The average molecular weight is 332 g/mol. The maximum Gasteiger partial charge on any atom is 0.246 e. The zero-order valence-corrected chi connectivity index (χ0v) is 14.9. The number of anilines is 2. The summed E-state index contributed by atoms with van der Waals surface area (Å²) in [5.41, 5.74) is 3.17. The SMILES string of the molecule is COc1ccc(NC(C)C(=O)Nc2c(C)nn(C)c2C)c(OC)c1. The number of rotatable bonds is 6. The van der Waals surface area contributed by atoms with Gasteiger partial charge in [0, 0.05) is 13.1 Å². The fraction of sp³-hybridized carbons (Fsp3) is 0.412. The Morgan fingerprint density at radius 1 is 1.25 bits per heavy atom. The highest BCUT2D eigenvalue weighted by Gasteiger charge is 2.18. The number of carbonyl (C=O) groups excluding carboxylic acids is 1. The van der Waals surface area contributed by atoms with Crippen LogP contribution in [0.4, 0.5) is 11.4 Å². The monoisotopic (exact) mass is 332 g/mol. The lowest BCUT2D eigenvalue weighted by Gasteiger charge is -2.18. The summed E-state index contributed by atoms with van der Waals surface area (Å²) in [6.45, 7) is 5.58. The predicted molar refractivity (Wildman–Crippen MR) is 93.9 cm³/mol. The van der Waals surface area contributed by atoms with Crippen molar-refractivity contribution in [2.24, 2.45) is 7.05 Å². The van der Waals surface area contributed by atoms with Crippen LogP contribution in [0.25, 0.3) is 0 Å². The number of benzene rings is 1. The number of hydrogen-bond acceptors (Lipinski definition) is 5. The van der Waals surface area contributed by atoms with Gasteiger partial charge in [-0.05, 0) is 32.9 Å². The van der Waals surface area contributed by atoms with Crippen LogP contribution >= 0.6 is 0 Å². The number of hydrogen-bond donors (Lipinski definition) is 2. The summed E-state index contributed by atoms with van der Waals surface area (Å²) in [7, 11) is 5.02. The van der Waals surface area contributed by atoms with Crippen LogP contribution in [0.5, 0.6) is 11.5 Å². The van der Waals surface area contributed by atoms with Gasteiger partial charge >= 0.3 is 0 Å². The molecule has 1 aromatic carbocycles. The molecule has 0 bridgehead atoms. The Balaban J connectivity index is 2.12. The first-order valence-electron chi connectivity index (χ1n) is 7.67. The van der Waals surface area contributed by atoms with E-state index in [1.165, 1.54) is 0 Å². The molecule has 130 valence electrons. The summed E-state index contributed by atoms with van der Waals surface area (Å²) in [6.07, 6.45) is 0. The lowest BCUT2D eigenvalue weighted by Crippen LogP contribution is -2.32. The number of ether oxygens (including phenoxy) is 2. The molecule has 0 spiro atoms. The zero-order chi connectivity index (χ0) is 17.9. The third-order valence-electron chi connectivity index (χ3n) is 3.93. The Hall–Kier alpha value is -2.70. The summed E-state index contributed by atoms with van der Waals surface area (Å²) in [5.74, 6) is 1.16. The van der Waals surface area contributed by atoms with Gasteiger partial charge in [-0.25, -0.2) is 0 Å². The molecule has 0 radical (unpaired) electrons. The van der Waals surface area contributed by atoms with Crippen molar-refractivity contribution in [2.45, 2.75) is 26.8 Å². The molecule has 2 aromatic rings. The normalized spacial score (nSPS) is 11.8. The molecular formula is C17H24N4O3. The van der Waals surface area contributed by atoms with E-state index in [-0.39, 0.29) is 5.91 Å². The van der Waals surface area contributed by atoms with Gasteiger partial charge in [-0.3, -0.25) is 9.48 Å². The van der Waals surface area contributed by atoms with Crippen LogP contribution in [0, 0.1) is 13.8 Å². The maximum atomic E-state index is 12.5. The van der Waals surface area contributed by atoms with E-state index in [0.29, 0.717) is 11.5 Å². The van der Waals surface area contributed by atoms with Crippen LogP contribution < -0.4 is 20.1 Å². The van der Waals surface area contributed by atoms with Gasteiger partial charge in [0.1, 0.15) is 17.5 Å². The largest absolute Gasteiger partial charge is 0.497 e. The van der Waals surface area contributed by atoms with E-state index in [4.69, 9.17) is 9.47 Å². The molecule has 7 nitrogen and oxygen atoms in total. The maximum absolute atomic E-state index is 12.5. The lowest BCUT2D eigenvalue weighted by atomic mass is 10.2. The summed E-state index contributed by atoms with van der Waals surface area (Å²) < 4.78 is 12.3. The molecule has 0 saturated heterocycles. The Bertz CT molecular complexity index is 740. The molecule has 1 heterocycles. The van der Waals surface area contributed by atoms with Gasteiger partial charge in [-0.1, -0.05) is 0 Å². The van der Waals surface area contributed by atoms with E-state index >= 15 is 0 Å². The van der Waals surface area contributed by atoms with E-state index in [1.54, 1.807) is 31.9 Å². The highest BCUT2D eigenvalue weighted by atomic mass is 16.5. The van der Waals surface area contributed by atoms with E-state index in [0.717, 1.165) is 22.8 Å². The van der Waals surface area contributed by atoms with E-state index in [1.807, 2.05) is 33.0 Å². The molecule has 2 N–H and O–H groups in total. The van der Waals surface area contributed by atoms with Crippen LogP contribution in [-0.2, 0) is 11.8 Å². The van der Waals surface area contributed by atoms with Crippen LogP contribution in [0.3, 0.4) is 0 Å². The quantitative estimate of drug-likeness (QED) is 0.850. The molecule has 2 rings (SSSR count). The van der Waals surface area contributed by atoms with Crippen LogP contribution in [0.1, 0.15) is 18.3 Å². The first-order valence-corrected chi connectivity index (χ1v) is 7.67. The topological polar surface area (TPSA) is 77.4 Å². The summed E-state index contributed by atoms with van der Waals surface area (Å²) in [6, 6.07) is 4.95. The van der Waals surface area contributed by atoms with Gasteiger partial charge in [0.25, 0.3) is 0 Å². The fourth-order valence-corrected chi connectivity index (χ4v) is 2.40. The number of aromatic nitrogens is 2. The molecule has 7 heteroatoms. The lowest BCUT2D eigenvalue weighted by molar-refractivity contribution is -0.116. The molecule has 0 aliphatic heterocycles. The van der Waals surface area contributed by atoms with Crippen LogP contribution in [0.2, 0.25) is 0 Å². The molecule has 1 unspecified atom stereocenters. The first-order chi connectivity index (χ1) is 11.4. The Morgan fingerprint density at radius 2 is 1.96 bits per heavy atom. The van der Waals surface area contributed by atoms with Gasteiger partial charge in [-0.2, -0.15) is 5.10 Å². The molecule has 1 aromatic heterocycles. The summed E-state index contributed by atoms with van der Waals surface area (Å²) in [4.78, 5) is 12.5. The van der Waals surface area contributed by atoms with Gasteiger partial charge in [0.15, 0.2) is 0 Å². The van der Waals surface area contributed by atoms with Crippen molar-refractivity contribution in [1.82, 2.24) is 9.78 Å². The van der Waals surface area contributed by atoms with Gasteiger partial charge in [-0.15, -0.1) is 0 Å². The highest BCUT2D eigenvalue weighted by Crippen LogP contribution is 2.29. The minimum Gasteiger partial charge on any atom is -0.497 e. The predicted octanol–water partition coefficient (Wildman–Crippen LogP) is 2.49. The van der Waals surface area contributed by atoms with Gasteiger partial charge in [0.2, 0.25) is 5.91 Å². The Labute approximate surface area is 142 Å². The van der Waals surface area contributed by atoms with Crippen molar-refractivity contribution in [2.75, 3.05) is 24.9 Å². The first kappa shape index (κ1) is 17.7. The van der Waals surface area contributed by atoms with Crippen molar-refractivity contribution >= 4 is 17.3 Å². The van der Waals surface area contributed by atoms with Gasteiger partial charge < -0.3 is 20.1 Å². The standard InChI is InChI=1S/C17H24N4O3/c1-10-16(12(3)21(4)20-10)19-17(22)11(2)18-14-8-7-13(23-5)9-15(14)24-6/h7-9,11,18H,1-6H3,(H,19,22). The molecule has 24 heavy (non-hydrogen) atoms. The molecular weight excluding hydrogens is 308 g/mol. The zero-order valence-electron chi connectivity index (χ0n) is 14.9. The number of methoxy groups -OCH3 is 2. The molecule has 0 aliphatic carbocycles. The van der Waals surface area contributed by atoms with Gasteiger partial charge in [0.05, 0.1) is 37.0 Å². The second-order valence-corrected chi connectivity index (χ2v) is 5.59. The minimum absolute atomic E-state index is 0.146. The average Bonchev–Trinajstić information content (AvgIpc) is 2.81. The Kier molecular flexibility index (Phi) is 5.33. The van der Waals surface area contributed by atoms with Crippen molar-refractivity contribution in [3.05, 3.63) is 29.6 Å². The number of nitrogens with one attached hydrogen (secondary N) is 2. The van der Waals surface area contributed by atoms with E-state index < -0.39 is 6.04 Å². The molecule has 0 aliphatic rings. The van der Waals surface area contributed by atoms with E-state index in [9.17, 15) is 4.79 Å². The number of aryl methyl sites for hydroxylation is 2. The number of amides is 1. The summed E-state index contributed by atoms with van der Waals surface area (Å²) in [5, 5.41) is 10.4. The minimum atomic E-state index is -0.452. The molecule has 1 atom stereocenters. The second-order valence-electron chi connectivity index (χ2n) is 5.59. The van der Waals surface area contributed by atoms with Crippen molar-refractivity contribution in [3.8, 4) is 11.5 Å². The summed E-state index contributed by atoms with van der Waals surface area (Å²) >= 11 is 0. The smallest absolute Gasteiger partial charge is 0.246 e. The van der Waals surface area contributed by atoms with E-state index in [2.05, 4.69) is 15.7 Å². The fourth-order valence-electron chi connectivity index (χ4n) is 2.40. The Morgan fingerprint density at radius 3 is 2.50 bits per heavy atom. The third-order valence-corrected chi connectivity index (χ3v) is 3.93. The molecule has 0 fully saturated rings. The molecule has 1 amide bonds. The van der Waals surface area contributed by atoms with Crippen molar-refractivity contribution < 1.29 is 14.3 Å². The molecule has 0 saturated carbocycles. The van der Waals surface area contributed by atoms with Crippen LogP contribution in [0.15, 0.2) is 18.2 Å². The second kappa shape index (κ2) is 7.25. The number of nitrogens with zero attached hydrogens (tertiary/aromatic N) is 2. The van der Waals surface area contributed by atoms with Crippen LogP contribution in [-0.4, -0.2) is 35.9 Å². The third kappa shape index (κ3) is 3.61. The van der Waals surface area contributed by atoms with Crippen molar-refractivity contribution in [3.63, 3.8) is 0 Å². The number of carbonyl (C=O) groups is 1.